The van der Waals surface area contributed by atoms with Crippen LogP contribution in [-0.2, 0) is 0 Å². The Hall–Kier alpha value is -1.66. The molecule has 1 atom stereocenters. The summed E-state index contributed by atoms with van der Waals surface area (Å²) in [6.45, 7) is 1.76. The first kappa shape index (κ1) is 14.7. The number of amides is 1. The highest BCUT2D eigenvalue weighted by atomic mass is 35.5. The zero-order valence-electron chi connectivity index (χ0n) is 10.9. The van der Waals surface area contributed by atoms with E-state index in [0.717, 1.165) is 32.4 Å². The molecule has 1 heterocycles. The second-order valence-corrected chi connectivity index (χ2v) is 5.15. The molecule has 0 aromatic heterocycles. The Labute approximate surface area is 121 Å². The van der Waals surface area contributed by atoms with Crippen molar-refractivity contribution in [2.24, 2.45) is 0 Å². The maximum absolute atomic E-state index is 12.3. The van der Waals surface area contributed by atoms with Gasteiger partial charge in [-0.05, 0) is 38.4 Å². The predicted molar refractivity (Wildman–Crippen MR) is 76.1 cm³/mol. The summed E-state index contributed by atoms with van der Waals surface area (Å²) in [5.41, 5.74) is -0.321. The Morgan fingerprint density at radius 1 is 1.40 bits per heavy atom. The van der Waals surface area contributed by atoms with Crippen molar-refractivity contribution in [2.75, 3.05) is 13.1 Å². The van der Waals surface area contributed by atoms with Gasteiger partial charge >= 0.3 is 0 Å². The van der Waals surface area contributed by atoms with Crippen LogP contribution in [0.2, 0.25) is 5.02 Å². The Kier molecular flexibility index (Phi) is 4.92. The van der Waals surface area contributed by atoms with E-state index in [1.807, 2.05) is 0 Å². The van der Waals surface area contributed by atoms with E-state index >= 15 is 0 Å². The number of nitrogens with zero attached hydrogens (tertiary/aromatic N) is 1. The first-order valence-corrected chi connectivity index (χ1v) is 6.92. The molecule has 1 aromatic carbocycles. The van der Waals surface area contributed by atoms with Crippen LogP contribution in [0.4, 0.5) is 5.69 Å². The zero-order chi connectivity index (χ0) is 14.5. The number of nitrogens with one attached hydrogen (secondary N) is 2. The largest absolute Gasteiger partial charge is 0.349 e. The number of carbonyl (C=O) groups excluding carboxylic acids is 1. The van der Waals surface area contributed by atoms with Gasteiger partial charge in [0.05, 0.1) is 9.95 Å². The van der Waals surface area contributed by atoms with Crippen molar-refractivity contribution in [1.82, 2.24) is 10.6 Å². The van der Waals surface area contributed by atoms with Crippen molar-refractivity contribution in [3.05, 3.63) is 38.9 Å². The molecule has 2 N–H and O–H groups in total. The van der Waals surface area contributed by atoms with Crippen LogP contribution in [0.3, 0.4) is 0 Å². The third-order valence-electron chi connectivity index (χ3n) is 3.33. The van der Waals surface area contributed by atoms with Crippen molar-refractivity contribution in [1.29, 1.82) is 0 Å². The summed E-state index contributed by atoms with van der Waals surface area (Å²) < 4.78 is 0. The molecule has 1 aliphatic rings. The molecular weight excluding hydrogens is 282 g/mol. The maximum atomic E-state index is 12.3. The summed E-state index contributed by atoms with van der Waals surface area (Å²) >= 11 is 5.94. The second kappa shape index (κ2) is 6.67. The maximum Gasteiger partial charge on any atom is 0.283 e. The van der Waals surface area contributed by atoms with Crippen LogP contribution in [0.15, 0.2) is 18.2 Å². The molecule has 1 aromatic rings. The van der Waals surface area contributed by atoms with Crippen molar-refractivity contribution in [3.8, 4) is 0 Å². The molecule has 20 heavy (non-hydrogen) atoms. The second-order valence-electron chi connectivity index (χ2n) is 4.74. The van der Waals surface area contributed by atoms with Gasteiger partial charge in [0.2, 0.25) is 0 Å². The van der Waals surface area contributed by atoms with E-state index in [2.05, 4.69) is 10.6 Å². The Bertz CT molecular complexity index is 514. The van der Waals surface area contributed by atoms with Crippen molar-refractivity contribution in [2.45, 2.75) is 25.3 Å². The Morgan fingerprint density at radius 2 is 2.20 bits per heavy atom. The van der Waals surface area contributed by atoms with E-state index in [-0.39, 0.29) is 22.3 Å². The lowest BCUT2D eigenvalue weighted by molar-refractivity contribution is -0.385. The number of nitro benzene ring substituents is 1. The van der Waals surface area contributed by atoms with E-state index in [0.29, 0.717) is 0 Å². The van der Waals surface area contributed by atoms with Crippen LogP contribution < -0.4 is 10.6 Å². The van der Waals surface area contributed by atoms with E-state index in [1.165, 1.54) is 18.2 Å². The minimum atomic E-state index is -0.588. The molecule has 1 fully saturated rings. The summed E-state index contributed by atoms with van der Waals surface area (Å²) in [5.74, 6) is -0.478. The summed E-state index contributed by atoms with van der Waals surface area (Å²) in [6.07, 6.45) is 2.64. The molecule has 0 aliphatic carbocycles. The predicted octanol–water partition coefficient (Wildman–Crippen LogP) is 2.12. The molecule has 1 aliphatic heterocycles. The number of rotatable bonds is 3. The van der Waals surface area contributed by atoms with Crippen LogP contribution >= 0.6 is 11.6 Å². The van der Waals surface area contributed by atoms with Gasteiger partial charge in [0.1, 0.15) is 5.56 Å². The Balaban J connectivity index is 2.18. The average Bonchev–Trinajstić information content (AvgIpc) is 2.66. The van der Waals surface area contributed by atoms with Gasteiger partial charge in [0.25, 0.3) is 11.6 Å². The van der Waals surface area contributed by atoms with Gasteiger partial charge < -0.3 is 10.6 Å². The first-order valence-electron chi connectivity index (χ1n) is 6.54. The van der Waals surface area contributed by atoms with Gasteiger partial charge in [0.15, 0.2) is 0 Å². The molecular formula is C13H16ClN3O3. The third-order valence-corrected chi connectivity index (χ3v) is 3.64. The summed E-state index contributed by atoms with van der Waals surface area (Å²) in [4.78, 5) is 22.6. The van der Waals surface area contributed by atoms with Gasteiger partial charge in [0, 0.05) is 12.1 Å². The minimum absolute atomic E-state index is 0.0216. The normalized spacial score (nSPS) is 19.1. The minimum Gasteiger partial charge on any atom is -0.349 e. The highest BCUT2D eigenvalue weighted by molar-refractivity contribution is 6.34. The zero-order valence-corrected chi connectivity index (χ0v) is 11.7. The smallest absolute Gasteiger partial charge is 0.283 e. The average molecular weight is 298 g/mol. The van der Waals surface area contributed by atoms with Crippen molar-refractivity contribution in [3.63, 3.8) is 0 Å². The number of benzene rings is 1. The molecule has 0 bridgehead atoms. The highest BCUT2D eigenvalue weighted by Gasteiger charge is 2.25. The standard InChI is InChI=1S/C13H16ClN3O3/c14-10-4-1-5-11(17(19)20)12(10)13(18)16-9-3-2-7-15-8-6-9/h1,4-5,9,15H,2-3,6-8H2,(H,16,18). The molecule has 7 heteroatoms. The van der Waals surface area contributed by atoms with Gasteiger partial charge in [-0.3, -0.25) is 14.9 Å². The first-order chi connectivity index (χ1) is 9.59. The summed E-state index contributed by atoms with van der Waals surface area (Å²) in [6, 6.07) is 4.26. The molecule has 6 nitrogen and oxygen atoms in total. The lowest BCUT2D eigenvalue weighted by Gasteiger charge is -2.16. The lowest BCUT2D eigenvalue weighted by atomic mass is 10.1. The van der Waals surface area contributed by atoms with Gasteiger partial charge in [-0.25, -0.2) is 0 Å². The Morgan fingerprint density at radius 3 is 2.95 bits per heavy atom. The topological polar surface area (TPSA) is 84.3 Å². The molecule has 2 rings (SSSR count). The fraction of sp³-hybridized carbons (Fsp3) is 0.462. The van der Waals surface area contributed by atoms with Gasteiger partial charge in [-0.2, -0.15) is 0 Å². The van der Waals surface area contributed by atoms with Crippen LogP contribution in [0.25, 0.3) is 0 Å². The third kappa shape index (κ3) is 3.46. The number of nitro groups is 1. The van der Waals surface area contributed by atoms with E-state index in [4.69, 9.17) is 11.6 Å². The summed E-state index contributed by atoms with van der Waals surface area (Å²) in [7, 11) is 0. The number of hydrogen-bond acceptors (Lipinski definition) is 4. The monoisotopic (exact) mass is 297 g/mol. The number of hydrogen-bond donors (Lipinski definition) is 2. The SMILES string of the molecule is O=C(NC1CCCNCC1)c1c(Cl)cccc1[N+](=O)[O-]. The van der Waals surface area contributed by atoms with E-state index in [9.17, 15) is 14.9 Å². The molecule has 1 unspecified atom stereocenters. The van der Waals surface area contributed by atoms with Crippen molar-refractivity contribution < 1.29 is 9.72 Å². The van der Waals surface area contributed by atoms with Crippen molar-refractivity contribution >= 4 is 23.2 Å². The molecule has 0 saturated carbocycles. The van der Waals surface area contributed by atoms with Gasteiger partial charge in [-0.15, -0.1) is 0 Å². The fourth-order valence-corrected chi connectivity index (χ4v) is 2.57. The lowest BCUT2D eigenvalue weighted by Crippen LogP contribution is -2.35. The van der Waals surface area contributed by atoms with Crippen LogP contribution in [0, 0.1) is 10.1 Å². The molecule has 108 valence electrons. The van der Waals surface area contributed by atoms with E-state index in [1.54, 1.807) is 0 Å². The highest BCUT2D eigenvalue weighted by Crippen LogP contribution is 2.26. The van der Waals surface area contributed by atoms with E-state index < -0.39 is 10.8 Å². The molecule has 1 amide bonds. The summed E-state index contributed by atoms with van der Waals surface area (Å²) in [5, 5.41) is 17.2. The molecule has 0 spiro atoms. The van der Waals surface area contributed by atoms with Crippen LogP contribution in [0.5, 0.6) is 0 Å². The quantitative estimate of drug-likeness (QED) is 0.661. The number of halogens is 1. The fourth-order valence-electron chi connectivity index (χ4n) is 2.31. The van der Waals surface area contributed by atoms with Gasteiger partial charge in [-0.1, -0.05) is 17.7 Å². The number of carbonyl (C=O) groups is 1. The molecule has 1 saturated heterocycles. The van der Waals surface area contributed by atoms with Crippen LogP contribution in [0.1, 0.15) is 29.6 Å². The molecule has 0 radical (unpaired) electrons. The van der Waals surface area contributed by atoms with Crippen LogP contribution in [-0.4, -0.2) is 30.0 Å².